The number of aryl methyl sites for hydroxylation is 2. The van der Waals surface area contributed by atoms with Gasteiger partial charge in [-0.15, -0.1) is 0 Å². The number of nitrogens with zero attached hydrogens (tertiary/aromatic N) is 4. The quantitative estimate of drug-likeness (QED) is 0.627. The Morgan fingerprint density at radius 1 is 1.53 bits per heavy atom. The van der Waals surface area contributed by atoms with Crippen molar-refractivity contribution in [3.8, 4) is 0 Å². The summed E-state index contributed by atoms with van der Waals surface area (Å²) in [6.45, 7) is 4.87. The molecule has 3 N–H and O–H groups in total. The van der Waals surface area contributed by atoms with E-state index in [1.807, 2.05) is 18.5 Å². The normalized spacial score (nSPS) is 12.8. The van der Waals surface area contributed by atoms with E-state index in [2.05, 4.69) is 19.3 Å². The Kier molecular flexibility index (Phi) is 4.87. The van der Waals surface area contributed by atoms with Crippen molar-refractivity contribution in [2.75, 3.05) is 0 Å². The predicted octanol–water partition coefficient (Wildman–Crippen LogP) is 1.72. The molecule has 2 aromatic heterocycles. The molecule has 0 bridgehead atoms. The van der Waals surface area contributed by atoms with Gasteiger partial charge >= 0.3 is 0 Å². The first kappa shape index (κ1) is 14.4. The largest absolute Gasteiger partial charge is 0.271 e. The first-order chi connectivity index (χ1) is 9.21. The maximum absolute atomic E-state index is 6.39. The Labute approximate surface area is 121 Å². The van der Waals surface area contributed by atoms with Crippen LogP contribution in [-0.4, -0.2) is 18.5 Å². The van der Waals surface area contributed by atoms with Gasteiger partial charge in [0.1, 0.15) is 0 Å². The summed E-state index contributed by atoms with van der Waals surface area (Å²) in [7, 11) is 0. The molecular weight excluding hydrogens is 284 g/mol. The summed E-state index contributed by atoms with van der Waals surface area (Å²) in [6.07, 6.45) is 3.18. The summed E-state index contributed by atoms with van der Waals surface area (Å²) in [5, 5.41) is 5.23. The zero-order valence-electron chi connectivity index (χ0n) is 10.9. The lowest BCUT2D eigenvalue weighted by Crippen LogP contribution is -2.30. The maximum Gasteiger partial charge on any atom is 0.0929 e. The molecule has 19 heavy (non-hydrogen) atoms. The molecular formula is C11H17ClN6S. The van der Waals surface area contributed by atoms with Gasteiger partial charge in [-0.1, -0.05) is 18.5 Å². The van der Waals surface area contributed by atoms with Gasteiger partial charge < -0.3 is 0 Å². The summed E-state index contributed by atoms with van der Waals surface area (Å²) in [4.78, 5) is 0. The second-order valence-corrected chi connectivity index (χ2v) is 5.07. The van der Waals surface area contributed by atoms with Crippen molar-refractivity contribution >= 4 is 23.3 Å². The molecule has 1 unspecified atom stereocenters. The number of rotatable bonds is 6. The van der Waals surface area contributed by atoms with E-state index < -0.39 is 0 Å². The molecule has 1 atom stereocenters. The Morgan fingerprint density at radius 3 is 2.84 bits per heavy atom. The topological polar surface area (TPSA) is 81.7 Å². The summed E-state index contributed by atoms with van der Waals surface area (Å²) < 4.78 is 10.1. The van der Waals surface area contributed by atoms with E-state index in [4.69, 9.17) is 17.4 Å². The fourth-order valence-corrected chi connectivity index (χ4v) is 2.80. The minimum Gasteiger partial charge on any atom is -0.271 e. The second kappa shape index (κ2) is 6.42. The molecule has 0 fully saturated rings. The molecule has 2 aromatic rings. The highest BCUT2D eigenvalue weighted by atomic mass is 35.5. The van der Waals surface area contributed by atoms with Crippen LogP contribution in [0.5, 0.6) is 0 Å². The first-order valence-corrected chi connectivity index (χ1v) is 7.29. The van der Waals surface area contributed by atoms with Crippen LogP contribution in [0.15, 0.2) is 6.20 Å². The fraction of sp³-hybridized carbons (Fsp3) is 0.545. The highest BCUT2D eigenvalue weighted by molar-refractivity contribution is 6.99. The lowest BCUT2D eigenvalue weighted by molar-refractivity contribution is 0.509. The molecule has 2 rings (SSSR count). The zero-order chi connectivity index (χ0) is 13.8. The number of nitrogens with two attached hydrogens (primary N) is 1. The van der Waals surface area contributed by atoms with Crippen molar-refractivity contribution < 1.29 is 0 Å². The minimum absolute atomic E-state index is 0.108. The highest BCUT2D eigenvalue weighted by Crippen LogP contribution is 2.26. The van der Waals surface area contributed by atoms with E-state index in [0.29, 0.717) is 6.42 Å². The second-order valence-electron chi connectivity index (χ2n) is 4.13. The molecule has 0 aliphatic rings. The molecule has 0 amide bonds. The molecule has 2 heterocycles. The molecule has 6 nitrogen and oxygen atoms in total. The molecule has 8 heteroatoms. The smallest absolute Gasteiger partial charge is 0.0929 e. The van der Waals surface area contributed by atoms with Gasteiger partial charge in [-0.05, 0) is 13.3 Å². The zero-order valence-corrected chi connectivity index (χ0v) is 12.5. The van der Waals surface area contributed by atoms with Crippen LogP contribution in [0.2, 0.25) is 5.02 Å². The van der Waals surface area contributed by atoms with Crippen LogP contribution in [0, 0.1) is 0 Å². The summed E-state index contributed by atoms with van der Waals surface area (Å²) in [5.74, 6) is 5.61. The summed E-state index contributed by atoms with van der Waals surface area (Å²) in [5.41, 5.74) is 5.49. The average molecular weight is 301 g/mol. The fourth-order valence-electron chi connectivity index (χ4n) is 1.98. The van der Waals surface area contributed by atoms with Gasteiger partial charge in [-0.3, -0.25) is 16.0 Å². The van der Waals surface area contributed by atoms with E-state index in [0.717, 1.165) is 35.1 Å². The summed E-state index contributed by atoms with van der Waals surface area (Å²) >= 11 is 7.55. The average Bonchev–Trinajstić information content (AvgIpc) is 3.04. The predicted molar refractivity (Wildman–Crippen MR) is 76.0 cm³/mol. The Morgan fingerprint density at radius 2 is 2.32 bits per heavy atom. The van der Waals surface area contributed by atoms with Gasteiger partial charge in [0.05, 0.1) is 46.1 Å². The van der Waals surface area contributed by atoms with E-state index >= 15 is 0 Å². The van der Waals surface area contributed by atoms with Gasteiger partial charge in [0.25, 0.3) is 0 Å². The molecule has 0 spiro atoms. The number of aromatic nitrogens is 4. The standard InChI is InChI=1S/C11H17ClN6S/c1-3-7-11(12)10(18(4-2)16-7)5-8(15-13)9-6-14-19-17-9/h6,8,15H,3-5,13H2,1-2H3. The number of hydrogen-bond acceptors (Lipinski definition) is 6. The third-order valence-electron chi connectivity index (χ3n) is 3.03. The number of halogens is 1. The number of hydrogen-bond donors (Lipinski definition) is 2. The van der Waals surface area contributed by atoms with Crippen molar-refractivity contribution in [3.05, 3.63) is 28.3 Å². The molecule has 0 radical (unpaired) electrons. The molecule has 104 valence electrons. The lowest BCUT2D eigenvalue weighted by atomic mass is 10.1. The Balaban J connectivity index is 2.29. The summed E-state index contributed by atoms with van der Waals surface area (Å²) in [6, 6.07) is -0.108. The van der Waals surface area contributed by atoms with Crippen molar-refractivity contribution in [1.29, 1.82) is 0 Å². The van der Waals surface area contributed by atoms with Crippen LogP contribution in [0.4, 0.5) is 0 Å². The van der Waals surface area contributed by atoms with E-state index in [1.54, 1.807) is 6.20 Å². The van der Waals surface area contributed by atoms with Crippen molar-refractivity contribution in [2.24, 2.45) is 5.84 Å². The van der Waals surface area contributed by atoms with E-state index in [1.165, 1.54) is 11.7 Å². The molecule has 0 saturated heterocycles. The highest BCUT2D eigenvalue weighted by Gasteiger charge is 2.20. The lowest BCUT2D eigenvalue weighted by Gasteiger charge is -2.14. The van der Waals surface area contributed by atoms with Crippen LogP contribution in [-0.2, 0) is 19.4 Å². The maximum atomic E-state index is 6.39. The number of nitrogens with one attached hydrogen (secondary N) is 1. The Bertz CT molecular complexity index is 524. The van der Waals surface area contributed by atoms with Gasteiger partial charge in [0.15, 0.2) is 0 Å². The number of hydrazine groups is 1. The van der Waals surface area contributed by atoms with Crippen molar-refractivity contribution in [3.63, 3.8) is 0 Å². The van der Waals surface area contributed by atoms with E-state index in [9.17, 15) is 0 Å². The van der Waals surface area contributed by atoms with Gasteiger partial charge in [-0.2, -0.15) is 13.8 Å². The van der Waals surface area contributed by atoms with Crippen LogP contribution < -0.4 is 11.3 Å². The van der Waals surface area contributed by atoms with Gasteiger partial charge in [0.2, 0.25) is 0 Å². The third kappa shape index (κ3) is 2.94. The first-order valence-electron chi connectivity index (χ1n) is 6.18. The van der Waals surface area contributed by atoms with Crippen LogP contribution in [0.1, 0.15) is 37.0 Å². The molecule has 0 aliphatic carbocycles. The van der Waals surface area contributed by atoms with E-state index in [-0.39, 0.29) is 6.04 Å². The van der Waals surface area contributed by atoms with Gasteiger partial charge in [-0.25, -0.2) is 0 Å². The minimum atomic E-state index is -0.108. The monoisotopic (exact) mass is 300 g/mol. The molecule has 0 aromatic carbocycles. The van der Waals surface area contributed by atoms with Crippen LogP contribution in [0.3, 0.4) is 0 Å². The molecule has 0 saturated carbocycles. The van der Waals surface area contributed by atoms with Crippen LogP contribution in [0.25, 0.3) is 0 Å². The van der Waals surface area contributed by atoms with Crippen LogP contribution >= 0.6 is 23.3 Å². The molecule has 0 aliphatic heterocycles. The van der Waals surface area contributed by atoms with Gasteiger partial charge in [0, 0.05) is 13.0 Å². The third-order valence-corrected chi connectivity index (χ3v) is 3.96. The van der Waals surface area contributed by atoms with Crippen molar-refractivity contribution in [1.82, 2.24) is 24.0 Å². The van der Waals surface area contributed by atoms with Crippen molar-refractivity contribution in [2.45, 2.75) is 39.3 Å². The SMILES string of the molecule is CCc1nn(CC)c(CC(NN)c2cnsn2)c1Cl. The Hall–Kier alpha value is -1.02.